The number of methoxy groups -OCH3 is 2. The average molecular weight is 369 g/mol. The second-order valence-corrected chi connectivity index (χ2v) is 5.20. The van der Waals surface area contributed by atoms with Crippen molar-refractivity contribution in [3.05, 3.63) is 22.5 Å². The minimum atomic E-state index is -0.817. The number of amides is 3. The molecular formula is C16H23N3O7. The first kappa shape index (κ1) is 21.2. The van der Waals surface area contributed by atoms with Gasteiger partial charge in [-0.1, -0.05) is 6.92 Å². The van der Waals surface area contributed by atoms with E-state index in [9.17, 15) is 19.2 Å². The van der Waals surface area contributed by atoms with Crippen molar-refractivity contribution in [3.8, 4) is 0 Å². The first-order valence-electron chi connectivity index (χ1n) is 7.89. The van der Waals surface area contributed by atoms with Crippen LogP contribution in [-0.4, -0.2) is 62.8 Å². The van der Waals surface area contributed by atoms with E-state index in [4.69, 9.17) is 14.2 Å². The lowest BCUT2D eigenvalue weighted by molar-refractivity contribution is -0.123. The zero-order valence-corrected chi connectivity index (χ0v) is 15.2. The Balaban J connectivity index is 2.66. The summed E-state index contributed by atoms with van der Waals surface area (Å²) in [4.78, 5) is 49.8. The maximum absolute atomic E-state index is 12.2. The van der Waals surface area contributed by atoms with Crippen LogP contribution in [0.1, 0.15) is 39.0 Å². The molecule has 0 aromatic carbocycles. The fraction of sp³-hybridized carbons (Fsp3) is 0.500. The standard InChI is InChI=1S/C16H23N3O7/c1-5-10-12(14(21)25-4)9(2)13(18-10)15(22)26-8-11(20)19-16(23)17-6-7-24-3/h18H,5-8H2,1-4H3,(H2,17,19,20,23). The van der Waals surface area contributed by atoms with Crippen LogP contribution >= 0.6 is 0 Å². The lowest BCUT2D eigenvalue weighted by Gasteiger charge is -2.07. The van der Waals surface area contributed by atoms with Crippen molar-refractivity contribution < 1.29 is 33.4 Å². The van der Waals surface area contributed by atoms with Gasteiger partial charge in [-0.05, 0) is 18.9 Å². The Kier molecular flexibility index (Phi) is 8.29. The Labute approximate surface area is 150 Å². The molecule has 0 spiro atoms. The fourth-order valence-corrected chi connectivity index (χ4v) is 2.18. The summed E-state index contributed by atoms with van der Waals surface area (Å²) in [6.45, 7) is 3.26. The van der Waals surface area contributed by atoms with Crippen LogP contribution in [0, 0.1) is 6.92 Å². The summed E-state index contributed by atoms with van der Waals surface area (Å²) < 4.78 is 14.3. The number of aromatic amines is 1. The molecular weight excluding hydrogens is 346 g/mol. The summed E-state index contributed by atoms with van der Waals surface area (Å²) in [6, 6.07) is -0.722. The van der Waals surface area contributed by atoms with Gasteiger partial charge in [0.15, 0.2) is 6.61 Å². The number of hydrogen-bond donors (Lipinski definition) is 3. The van der Waals surface area contributed by atoms with E-state index in [1.807, 2.05) is 12.2 Å². The number of imide groups is 1. The maximum atomic E-state index is 12.2. The lowest BCUT2D eigenvalue weighted by atomic mass is 10.1. The van der Waals surface area contributed by atoms with E-state index in [0.29, 0.717) is 24.3 Å². The highest BCUT2D eigenvalue weighted by Crippen LogP contribution is 2.20. The molecule has 1 heterocycles. The first-order chi connectivity index (χ1) is 12.3. The van der Waals surface area contributed by atoms with E-state index in [1.165, 1.54) is 14.2 Å². The van der Waals surface area contributed by atoms with E-state index in [0.717, 1.165) is 0 Å². The number of rotatable bonds is 8. The van der Waals surface area contributed by atoms with Gasteiger partial charge in [0.05, 0.1) is 19.3 Å². The number of aryl methyl sites for hydroxylation is 1. The normalized spacial score (nSPS) is 10.2. The van der Waals surface area contributed by atoms with Crippen LogP contribution in [0.2, 0.25) is 0 Å². The van der Waals surface area contributed by atoms with Gasteiger partial charge < -0.3 is 24.5 Å². The molecule has 0 aliphatic rings. The predicted molar refractivity (Wildman–Crippen MR) is 89.9 cm³/mol. The van der Waals surface area contributed by atoms with Crippen molar-refractivity contribution in [2.45, 2.75) is 20.3 Å². The van der Waals surface area contributed by atoms with Crippen LogP contribution in [0.3, 0.4) is 0 Å². The monoisotopic (exact) mass is 369 g/mol. The summed E-state index contributed by atoms with van der Waals surface area (Å²) in [6.07, 6.45) is 0.473. The van der Waals surface area contributed by atoms with Crippen LogP contribution in [-0.2, 0) is 25.4 Å². The highest BCUT2D eigenvalue weighted by molar-refractivity contribution is 6.00. The van der Waals surface area contributed by atoms with E-state index in [2.05, 4.69) is 10.3 Å². The molecule has 3 N–H and O–H groups in total. The Hall–Kier alpha value is -2.88. The number of carbonyl (C=O) groups is 4. The summed E-state index contributed by atoms with van der Waals surface area (Å²) in [7, 11) is 2.72. The minimum Gasteiger partial charge on any atom is -0.465 e. The number of carbonyl (C=O) groups excluding carboxylic acids is 4. The molecule has 1 rings (SSSR count). The van der Waals surface area contributed by atoms with Crippen molar-refractivity contribution in [1.82, 2.24) is 15.6 Å². The Morgan fingerprint density at radius 3 is 2.38 bits per heavy atom. The highest BCUT2D eigenvalue weighted by Gasteiger charge is 2.25. The highest BCUT2D eigenvalue weighted by atomic mass is 16.5. The van der Waals surface area contributed by atoms with E-state index in [1.54, 1.807) is 6.92 Å². The van der Waals surface area contributed by atoms with Crippen molar-refractivity contribution in [3.63, 3.8) is 0 Å². The van der Waals surface area contributed by atoms with Crippen LogP contribution in [0.15, 0.2) is 0 Å². The molecule has 10 heteroatoms. The summed E-state index contributed by atoms with van der Waals surface area (Å²) in [5.41, 5.74) is 1.23. The summed E-state index contributed by atoms with van der Waals surface area (Å²) in [5.74, 6) is -2.18. The van der Waals surface area contributed by atoms with Gasteiger partial charge in [0, 0.05) is 19.3 Å². The fourth-order valence-electron chi connectivity index (χ4n) is 2.18. The zero-order valence-electron chi connectivity index (χ0n) is 15.2. The number of aromatic nitrogens is 1. The van der Waals surface area contributed by atoms with E-state index in [-0.39, 0.29) is 17.8 Å². The minimum absolute atomic E-state index is 0.0552. The van der Waals surface area contributed by atoms with Crippen molar-refractivity contribution in [2.24, 2.45) is 0 Å². The van der Waals surface area contributed by atoms with Gasteiger partial charge in [0.25, 0.3) is 5.91 Å². The van der Waals surface area contributed by atoms with Gasteiger partial charge in [-0.15, -0.1) is 0 Å². The van der Waals surface area contributed by atoms with Crippen molar-refractivity contribution in [2.75, 3.05) is 34.0 Å². The molecule has 0 radical (unpaired) electrons. The Bertz CT molecular complexity index is 682. The van der Waals surface area contributed by atoms with Gasteiger partial charge in [-0.2, -0.15) is 0 Å². The van der Waals surface area contributed by atoms with Crippen LogP contribution < -0.4 is 10.6 Å². The smallest absolute Gasteiger partial charge is 0.355 e. The number of nitrogens with one attached hydrogen (secondary N) is 3. The van der Waals surface area contributed by atoms with Gasteiger partial charge in [0.1, 0.15) is 5.69 Å². The van der Waals surface area contributed by atoms with Gasteiger partial charge in [-0.3, -0.25) is 10.1 Å². The number of hydrogen-bond acceptors (Lipinski definition) is 7. The third-order valence-electron chi connectivity index (χ3n) is 3.45. The quantitative estimate of drug-likeness (QED) is 0.443. The van der Waals surface area contributed by atoms with Gasteiger partial charge >= 0.3 is 18.0 Å². The lowest BCUT2D eigenvalue weighted by Crippen LogP contribution is -2.42. The molecule has 26 heavy (non-hydrogen) atoms. The topological polar surface area (TPSA) is 136 Å². The van der Waals surface area contributed by atoms with Crippen molar-refractivity contribution in [1.29, 1.82) is 0 Å². The Morgan fingerprint density at radius 1 is 1.12 bits per heavy atom. The molecule has 10 nitrogen and oxygen atoms in total. The maximum Gasteiger partial charge on any atom is 0.355 e. The zero-order chi connectivity index (χ0) is 19.7. The summed E-state index contributed by atoms with van der Waals surface area (Å²) in [5, 5.41) is 4.40. The second-order valence-electron chi connectivity index (χ2n) is 5.20. The number of H-pyrrole nitrogens is 1. The second kappa shape index (κ2) is 10.2. The number of urea groups is 1. The molecule has 0 fully saturated rings. The molecule has 0 aliphatic carbocycles. The van der Waals surface area contributed by atoms with Crippen LogP contribution in [0.25, 0.3) is 0 Å². The Morgan fingerprint density at radius 2 is 1.81 bits per heavy atom. The number of ether oxygens (including phenoxy) is 3. The third kappa shape index (κ3) is 5.59. The molecule has 0 saturated heterocycles. The molecule has 0 unspecified atom stereocenters. The predicted octanol–water partition coefficient (Wildman–Crippen LogP) is 0.301. The van der Waals surface area contributed by atoms with E-state index < -0.39 is 30.5 Å². The van der Waals surface area contributed by atoms with Crippen LogP contribution in [0.4, 0.5) is 4.79 Å². The SMILES string of the molecule is CCc1[nH]c(C(=O)OCC(=O)NC(=O)NCCOC)c(C)c1C(=O)OC. The summed E-state index contributed by atoms with van der Waals surface area (Å²) >= 11 is 0. The third-order valence-corrected chi connectivity index (χ3v) is 3.45. The molecule has 3 amide bonds. The van der Waals surface area contributed by atoms with Crippen LogP contribution in [0.5, 0.6) is 0 Å². The molecule has 144 valence electrons. The number of esters is 2. The van der Waals surface area contributed by atoms with Gasteiger partial charge in [0.2, 0.25) is 0 Å². The molecule has 0 saturated carbocycles. The molecule has 1 aromatic heterocycles. The molecule has 0 atom stereocenters. The molecule has 0 aliphatic heterocycles. The molecule has 1 aromatic rings. The van der Waals surface area contributed by atoms with Crippen molar-refractivity contribution >= 4 is 23.9 Å². The molecule has 0 bridgehead atoms. The largest absolute Gasteiger partial charge is 0.465 e. The average Bonchev–Trinajstić information content (AvgIpc) is 2.95. The van der Waals surface area contributed by atoms with E-state index >= 15 is 0 Å². The first-order valence-corrected chi connectivity index (χ1v) is 7.89. The van der Waals surface area contributed by atoms with Gasteiger partial charge in [-0.25, -0.2) is 14.4 Å².